The van der Waals surface area contributed by atoms with Crippen molar-refractivity contribution in [2.75, 3.05) is 5.32 Å². The summed E-state index contributed by atoms with van der Waals surface area (Å²) < 4.78 is 1.94. The largest absolute Gasteiger partial charge is 0.338 e. The maximum absolute atomic E-state index is 13.3. The van der Waals surface area contributed by atoms with Crippen LogP contribution in [0.5, 0.6) is 0 Å². The summed E-state index contributed by atoms with van der Waals surface area (Å²) in [6.07, 6.45) is 5.13. The van der Waals surface area contributed by atoms with Gasteiger partial charge in [-0.3, -0.25) is 19.6 Å². The summed E-state index contributed by atoms with van der Waals surface area (Å²) in [5, 5.41) is 2.90. The van der Waals surface area contributed by atoms with Crippen LogP contribution in [0.3, 0.4) is 0 Å². The molecule has 4 rings (SSSR count). The van der Waals surface area contributed by atoms with E-state index in [1.54, 1.807) is 30.7 Å². The Morgan fingerprint density at radius 2 is 1.81 bits per heavy atom. The van der Waals surface area contributed by atoms with Gasteiger partial charge in [0.2, 0.25) is 0 Å². The van der Waals surface area contributed by atoms with Crippen molar-refractivity contribution in [1.29, 1.82) is 0 Å². The van der Waals surface area contributed by atoms with Crippen molar-refractivity contribution < 1.29 is 4.79 Å². The maximum atomic E-state index is 13.3. The fourth-order valence-corrected chi connectivity index (χ4v) is 3.53. The molecule has 31 heavy (non-hydrogen) atoms. The van der Waals surface area contributed by atoms with Crippen molar-refractivity contribution in [1.82, 2.24) is 14.5 Å². The normalized spacial score (nSPS) is 10.6. The van der Waals surface area contributed by atoms with Gasteiger partial charge in [-0.15, -0.1) is 0 Å². The second kappa shape index (κ2) is 8.75. The molecule has 0 fully saturated rings. The second-order valence-electron chi connectivity index (χ2n) is 7.31. The first-order chi connectivity index (χ1) is 15.0. The smallest absolute Gasteiger partial charge is 0.261 e. The summed E-state index contributed by atoms with van der Waals surface area (Å²) in [5.41, 5.74) is 4.04. The Morgan fingerprint density at radius 3 is 2.52 bits per heavy atom. The molecule has 6 heteroatoms. The third kappa shape index (κ3) is 4.28. The lowest BCUT2D eigenvalue weighted by Gasteiger charge is -2.20. The predicted octanol–water partition coefficient (Wildman–Crippen LogP) is 4.22. The topological polar surface area (TPSA) is 76.9 Å². The van der Waals surface area contributed by atoms with Crippen LogP contribution in [0, 0.1) is 13.8 Å². The molecule has 0 unspecified atom stereocenters. The molecule has 1 aromatic carbocycles. The molecule has 6 nitrogen and oxygen atoms in total. The van der Waals surface area contributed by atoms with Gasteiger partial charge in [-0.25, -0.2) is 0 Å². The van der Waals surface area contributed by atoms with Crippen LogP contribution in [0.1, 0.15) is 27.2 Å². The lowest BCUT2D eigenvalue weighted by molar-refractivity contribution is 0.102. The van der Waals surface area contributed by atoms with Gasteiger partial charge in [0, 0.05) is 42.6 Å². The number of amides is 1. The van der Waals surface area contributed by atoms with Crippen LogP contribution in [0.15, 0.2) is 84.0 Å². The van der Waals surface area contributed by atoms with Crippen molar-refractivity contribution in [3.05, 3.63) is 112 Å². The molecule has 154 valence electrons. The van der Waals surface area contributed by atoms with Crippen LogP contribution >= 0.6 is 0 Å². The first-order valence-corrected chi connectivity index (χ1v) is 9.96. The van der Waals surface area contributed by atoms with E-state index >= 15 is 0 Å². The average molecular weight is 410 g/mol. The third-order valence-electron chi connectivity index (χ3n) is 5.11. The number of nitrogens with zero attached hydrogens (tertiary/aromatic N) is 3. The molecule has 4 aromatic rings. The highest BCUT2D eigenvalue weighted by Gasteiger charge is 2.23. The van der Waals surface area contributed by atoms with Crippen LogP contribution in [0.4, 0.5) is 5.69 Å². The van der Waals surface area contributed by atoms with E-state index in [0.29, 0.717) is 23.6 Å². The summed E-state index contributed by atoms with van der Waals surface area (Å²) >= 11 is 0. The van der Waals surface area contributed by atoms with E-state index < -0.39 is 5.91 Å². The molecule has 1 amide bonds. The number of para-hydroxylation sites is 1. The lowest BCUT2D eigenvalue weighted by atomic mass is 10.1. The molecule has 0 atom stereocenters. The zero-order valence-corrected chi connectivity index (χ0v) is 17.4. The van der Waals surface area contributed by atoms with E-state index in [-0.39, 0.29) is 11.0 Å². The van der Waals surface area contributed by atoms with Gasteiger partial charge in [-0.1, -0.05) is 30.3 Å². The molecular weight excluding hydrogens is 388 g/mol. The lowest BCUT2D eigenvalue weighted by Crippen LogP contribution is -2.27. The van der Waals surface area contributed by atoms with Crippen LogP contribution in [0.25, 0.3) is 11.4 Å². The van der Waals surface area contributed by atoms with Gasteiger partial charge in [-0.2, -0.15) is 0 Å². The number of carbonyl (C=O) groups is 1. The molecule has 0 aliphatic rings. The van der Waals surface area contributed by atoms with Crippen LogP contribution < -0.4 is 10.7 Å². The molecule has 1 N–H and O–H groups in total. The number of carbonyl (C=O) groups excluding carboxylic acids is 1. The van der Waals surface area contributed by atoms with E-state index in [1.807, 2.05) is 60.9 Å². The molecule has 3 aromatic heterocycles. The monoisotopic (exact) mass is 410 g/mol. The molecule has 0 spiro atoms. The summed E-state index contributed by atoms with van der Waals surface area (Å²) in [5.74, 6) is -0.458. The van der Waals surface area contributed by atoms with Gasteiger partial charge < -0.3 is 9.88 Å². The Kier molecular flexibility index (Phi) is 5.71. The highest BCUT2D eigenvalue weighted by molar-refractivity contribution is 6.08. The highest BCUT2D eigenvalue weighted by atomic mass is 16.2. The Morgan fingerprint density at radius 1 is 1.00 bits per heavy atom. The summed E-state index contributed by atoms with van der Waals surface area (Å²) in [6, 6.07) is 18.2. The first-order valence-electron chi connectivity index (χ1n) is 9.96. The average Bonchev–Trinajstić information content (AvgIpc) is 2.78. The van der Waals surface area contributed by atoms with Crippen LogP contribution in [0.2, 0.25) is 0 Å². The molecule has 0 saturated heterocycles. The van der Waals surface area contributed by atoms with E-state index in [2.05, 4.69) is 15.3 Å². The van der Waals surface area contributed by atoms with E-state index in [0.717, 1.165) is 16.8 Å². The van der Waals surface area contributed by atoms with Gasteiger partial charge in [0.15, 0.2) is 5.43 Å². The van der Waals surface area contributed by atoms with Crippen LogP contribution in [-0.4, -0.2) is 20.4 Å². The number of hydrogen-bond donors (Lipinski definition) is 1. The van der Waals surface area contributed by atoms with Crippen molar-refractivity contribution in [2.24, 2.45) is 0 Å². The van der Waals surface area contributed by atoms with Gasteiger partial charge in [0.25, 0.3) is 5.91 Å². The highest BCUT2D eigenvalue weighted by Crippen LogP contribution is 2.24. The maximum Gasteiger partial charge on any atom is 0.261 e. The van der Waals surface area contributed by atoms with Gasteiger partial charge in [-0.05, 0) is 49.2 Å². The summed E-state index contributed by atoms with van der Waals surface area (Å²) in [6.45, 7) is 4.22. The minimum absolute atomic E-state index is 0.0662. The Hall–Kier alpha value is -4.06. The number of hydrogen-bond acceptors (Lipinski definition) is 4. The number of aryl methyl sites for hydroxylation is 2. The minimum atomic E-state index is -0.458. The fourth-order valence-electron chi connectivity index (χ4n) is 3.53. The molecular formula is C25H22N4O2. The quantitative estimate of drug-likeness (QED) is 0.534. The number of rotatable bonds is 5. The first kappa shape index (κ1) is 20.2. The minimum Gasteiger partial charge on any atom is -0.338 e. The van der Waals surface area contributed by atoms with Crippen molar-refractivity contribution in [2.45, 2.75) is 20.4 Å². The van der Waals surface area contributed by atoms with Gasteiger partial charge >= 0.3 is 0 Å². The fraction of sp³-hybridized carbons (Fsp3) is 0.120. The standard InChI is InChI=1S/C25H22N4O2/c1-17-8-3-4-10-20(17)28-25(31)23-22(30)14-18(2)29(16-19-9-7-12-26-15-19)24(23)21-11-5-6-13-27-21/h3-15H,16H2,1-2H3,(H,28,31). The summed E-state index contributed by atoms with van der Waals surface area (Å²) in [7, 11) is 0. The molecule has 0 saturated carbocycles. The third-order valence-corrected chi connectivity index (χ3v) is 5.11. The molecule has 0 aliphatic carbocycles. The number of pyridine rings is 3. The van der Waals surface area contributed by atoms with Gasteiger partial charge in [0.1, 0.15) is 5.56 Å². The van der Waals surface area contributed by atoms with Crippen LogP contribution in [-0.2, 0) is 6.54 Å². The number of benzene rings is 1. The Labute approximate surface area is 180 Å². The molecule has 0 bridgehead atoms. The molecule has 3 heterocycles. The second-order valence-corrected chi connectivity index (χ2v) is 7.31. The van der Waals surface area contributed by atoms with Crippen molar-refractivity contribution >= 4 is 11.6 Å². The number of aromatic nitrogens is 3. The zero-order valence-electron chi connectivity index (χ0n) is 17.4. The zero-order chi connectivity index (χ0) is 21.8. The van der Waals surface area contributed by atoms with Gasteiger partial charge in [0.05, 0.1) is 11.4 Å². The van der Waals surface area contributed by atoms with Crippen molar-refractivity contribution in [3.8, 4) is 11.4 Å². The summed E-state index contributed by atoms with van der Waals surface area (Å²) in [4.78, 5) is 35.0. The molecule has 0 aliphatic heterocycles. The Bertz CT molecular complexity index is 1280. The SMILES string of the molecule is Cc1ccccc1NC(=O)c1c(-c2ccccn2)n(Cc2cccnc2)c(C)cc1=O. The van der Waals surface area contributed by atoms with E-state index in [9.17, 15) is 9.59 Å². The Balaban J connectivity index is 1.90. The van der Waals surface area contributed by atoms with E-state index in [4.69, 9.17) is 0 Å². The predicted molar refractivity (Wildman–Crippen MR) is 121 cm³/mol. The molecule has 0 radical (unpaired) electrons. The number of nitrogens with one attached hydrogen (secondary N) is 1. The number of anilines is 1. The van der Waals surface area contributed by atoms with E-state index in [1.165, 1.54) is 6.07 Å². The van der Waals surface area contributed by atoms with Crippen molar-refractivity contribution in [3.63, 3.8) is 0 Å².